The first-order valence-electron chi connectivity index (χ1n) is 8.26. The minimum Gasteiger partial charge on any atom is -0.497 e. The lowest BCUT2D eigenvalue weighted by Crippen LogP contribution is -2.22. The van der Waals surface area contributed by atoms with Gasteiger partial charge in [0.2, 0.25) is 5.91 Å². The maximum absolute atomic E-state index is 11.5. The molecule has 0 heterocycles. The van der Waals surface area contributed by atoms with E-state index in [1.165, 1.54) is 0 Å². The number of carbonyl (C=O) groups is 1. The highest BCUT2D eigenvalue weighted by molar-refractivity contribution is 5.78. The van der Waals surface area contributed by atoms with Gasteiger partial charge in [-0.3, -0.25) is 4.79 Å². The summed E-state index contributed by atoms with van der Waals surface area (Å²) in [6, 6.07) is 15.0. The Morgan fingerprint density at radius 1 is 1.12 bits per heavy atom. The van der Waals surface area contributed by atoms with E-state index in [2.05, 4.69) is 5.32 Å². The first-order chi connectivity index (χ1) is 12.6. The van der Waals surface area contributed by atoms with Crippen LogP contribution in [0.15, 0.2) is 42.5 Å². The molecule has 136 valence electrons. The molecule has 1 N–H and O–H groups in total. The minimum atomic E-state index is -0.322. The van der Waals surface area contributed by atoms with Gasteiger partial charge in [0.15, 0.2) is 0 Å². The number of amides is 1. The number of nitrogens with one attached hydrogen (secondary N) is 1. The second kappa shape index (κ2) is 9.94. The maximum atomic E-state index is 11.5. The van der Waals surface area contributed by atoms with Crippen LogP contribution < -0.4 is 19.5 Å². The Balaban J connectivity index is 1.94. The fourth-order valence-electron chi connectivity index (χ4n) is 2.29. The zero-order chi connectivity index (χ0) is 18.8. The lowest BCUT2D eigenvalue weighted by Gasteiger charge is -2.14. The van der Waals surface area contributed by atoms with Crippen molar-refractivity contribution in [2.75, 3.05) is 20.3 Å². The van der Waals surface area contributed by atoms with Gasteiger partial charge in [-0.2, -0.15) is 5.26 Å². The fraction of sp³-hybridized carbons (Fsp3) is 0.300. The molecule has 0 radical (unpaired) electrons. The summed E-state index contributed by atoms with van der Waals surface area (Å²) < 4.78 is 16.8. The second-order valence-electron chi connectivity index (χ2n) is 5.55. The van der Waals surface area contributed by atoms with E-state index in [4.69, 9.17) is 19.5 Å². The summed E-state index contributed by atoms with van der Waals surface area (Å²) in [5, 5.41) is 11.2. The highest BCUT2D eigenvalue weighted by Gasteiger charge is 2.08. The standard InChI is InChI=1S/C20H22N2O4/c1-15-5-3-4-6-18(15)25-11-12-26-19-13-17(24-2)8-7-16(19)14-22-20(23)9-10-21/h3-8,13H,9,11-12,14H2,1-2H3,(H,22,23). The molecular weight excluding hydrogens is 332 g/mol. The summed E-state index contributed by atoms with van der Waals surface area (Å²) in [4.78, 5) is 11.5. The van der Waals surface area contributed by atoms with Gasteiger partial charge in [-0.1, -0.05) is 18.2 Å². The molecule has 6 nitrogen and oxygen atoms in total. The lowest BCUT2D eigenvalue weighted by molar-refractivity contribution is -0.120. The predicted octanol–water partition coefficient (Wildman–Crippen LogP) is 2.99. The molecule has 0 atom stereocenters. The largest absolute Gasteiger partial charge is 0.497 e. The summed E-state index contributed by atoms with van der Waals surface area (Å²) in [5.74, 6) is 1.77. The zero-order valence-corrected chi connectivity index (χ0v) is 15.0. The summed E-state index contributed by atoms with van der Waals surface area (Å²) in [6.07, 6.45) is -0.170. The van der Waals surface area contributed by atoms with Crippen molar-refractivity contribution in [2.45, 2.75) is 19.9 Å². The Morgan fingerprint density at radius 3 is 2.54 bits per heavy atom. The molecule has 2 aromatic carbocycles. The van der Waals surface area contributed by atoms with Crippen LogP contribution in [-0.2, 0) is 11.3 Å². The van der Waals surface area contributed by atoms with Crippen LogP contribution in [0.4, 0.5) is 0 Å². The van der Waals surface area contributed by atoms with Gasteiger partial charge in [0.1, 0.15) is 36.9 Å². The smallest absolute Gasteiger partial charge is 0.234 e. The van der Waals surface area contributed by atoms with Gasteiger partial charge in [-0.05, 0) is 30.7 Å². The fourth-order valence-corrected chi connectivity index (χ4v) is 2.29. The molecule has 0 unspecified atom stereocenters. The Kier molecular flexibility index (Phi) is 7.31. The van der Waals surface area contributed by atoms with E-state index < -0.39 is 0 Å². The number of aryl methyl sites for hydroxylation is 1. The summed E-state index contributed by atoms with van der Waals surface area (Å²) in [7, 11) is 1.58. The first kappa shape index (κ1) is 19.1. The third kappa shape index (κ3) is 5.71. The molecular formula is C20H22N2O4. The number of hydrogen-bond acceptors (Lipinski definition) is 5. The van der Waals surface area contributed by atoms with Crippen LogP contribution in [0.2, 0.25) is 0 Å². The van der Waals surface area contributed by atoms with Crippen molar-refractivity contribution in [2.24, 2.45) is 0 Å². The second-order valence-corrected chi connectivity index (χ2v) is 5.55. The van der Waals surface area contributed by atoms with Crippen molar-refractivity contribution in [3.8, 4) is 23.3 Å². The number of nitriles is 1. The SMILES string of the molecule is COc1ccc(CNC(=O)CC#N)c(OCCOc2ccccc2C)c1. The average Bonchev–Trinajstić information content (AvgIpc) is 2.65. The van der Waals surface area contributed by atoms with Crippen LogP contribution >= 0.6 is 0 Å². The Morgan fingerprint density at radius 2 is 1.85 bits per heavy atom. The predicted molar refractivity (Wildman–Crippen MR) is 97.2 cm³/mol. The number of rotatable bonds is 9. The maximum Gasteiger partial charge on any atom is 0.234 e. The molecule has 26 heavy (non-hydrogen) atoms. The molecule has 0 saturated carbocycles. The van der Waals surface area contributed by atoms with Gasteiger partial charge in [-0.15, -0.1) is 0 Å². The third-order valence-corrected chi connectivity index (χ3v) is 3.68. The molecule has 2 aromatic rings. The molecule has 0 fully saturated rings. The third-order valence-electron chi connectivity index (χ3n) is 3.68. The van der Waals surface area contributed by atoms with Gasteiger partial charge >= 0.3 is 0 Å². The van der Waals surface area contributed by atoms with E-state index in [9.17, 15) is 4.79 Å². The quantitative estimate of drug-likeness (QED) is 0.700. The Labute approximate surface area is 153 Å². The van der Waals surface area contributed by atoms with Crippen molar-refractivity contribution < 1.29 is 19.0 Å². The van der Waals surface area contributed by atoms with Crippen molar-refractivity contribution in [1.29, 1.82) is 5.26 Å². The lowest BCUT2D eigenvalue weighted by atomic mass is 10.2. The van der Waals surface area contributed by atoms with Gasteiger partial charge in [0.25, 0.3) is 0 Å². The molecule has 2 rings (SSSR count). The van der Waals surface area contributed by atoms with Crippen LogP contribution in [0.25, 0.3) is 0 Å². The average molecular weight is 354 g/mol. The Hall–Kier alpha value is -3.20. The van der Waals surface area contributed by atoms with Crippen LogP contribution in [0.5, 0.6) is 17.2 Å². The van der Waals surface area contributed by atoms with E-state index >= 15 is 0 Å². The molecule has 1 amide bonds. The molecule has 0 aromatic heterocycles. The topological polar surface area (TPSA) is 80.6 Å². The summed E-state index contributed by atoms with van der Waals surface area (Å²) in [5.41, 5.74) is 1.86. The van der Waals surface area contributed by atoms with Crippen LogP contribution in [0, 0.1) is 18.3 Å². The van der Waals surface area contributed by atoms with Crippen molar-refractivity contribution in [3.05, 3.63) is 53.6 Å². The van der Waals surface area contributed by atoms with Crippen molar-refractivity contribution >= 4 is 5.91 Å². The molecule has 0 aliphatic carbocycles. The highest BCUT2D eigenvalue weighted by atomic mass is 16.5. The number of methoxy groups -OCH3 is 1. The number of hydrogen-bond donors (Lipinski definition) is 1. The van der Waals surface area contributed by atoms with Crippen LogP contribution in [0.3, 0.4) is 0 Å². The molecule has 0 bridgehead atoms. The number of benzene rings is 2. The monoisotopic (exact) mass is 354 g/mol. The van der Waals surface area contributed by atoms with Gasteiger partial charge in [0, 0.05) is 18.2 Å². The first-order valence-corrected chi connectivity index (χ1v) is 8.26. The van der Waals surface area contributed by atoms with Crippen molar-refractivity contribution in [3.63, 3.8) is 0 Å². The van der Waals surface area contributed by atoms with Crippen LogP contribution in [-0.4, -0.2) is 26.2 Å². The van der Waals surface area contributed by atoms with Gasteiger partial charge in [-0.25, -0.2) is 0 Å². The number of para-hydroxylation sites is 1. The van der Waals surface area contributed by atoms with E-state index in [0.717, 1.165) is 16.9 Å². The van der Waals surface area contributed by atoms with Gasteiger partial charge < -0.3 is 19.5 Å². The van der Waals surface area contributed by atoms with Crippen molar-refractivity contribution in [1.82, 2.24) is 5.32 Å². The summed E-state index contributed by atoms with van der Waals surface area (Å²) in [6.45, 7) is 3.00. The van der Waals surface area contributed by atoms with E-state index in [1.54, 1.807) is 19.2 Å². The molecule has 0 spiro atoms. The molecule has 0 saturated heterocycles. The molecule has 6 heteroatoms. The van der Waals surface area contributed by atoms with E-state index in [0.29, 0.717) is 24.7 Å². The van der Waals surface area contributed by atoms with E-state index in [1.807, 2.05) is 43.3 Å². The van der Waals surface area contributed by atoms with Gasteiger partial charge in [0.05, 0.1) is 13.2 Å². The normalized spacial score (nSPS) is 9.88. The minimum absolute atomic E-state index is 0.170. The number of carbonyl (C=O) groups excluding carboxylic acids is 1. The molecule has 0 aliphatic rings. The zero-order valence-electron chi connectivity index (χ0n) is 15.0. The van der Waals surface area contributed by atoms with E-state index in [-0.39, 0.29) is 18.9 Å². The summed E-state index contributed by atoms with van der Waals surface area (Å²) >= 11 is 0. The van der Waals surface area contributed by atoms with Crippen LogP contribution in [0.1, 0.15) is 17.5 Å². The number of ether oxygens (including phenoxy) is 3. The Bertz CT molecular complexity index is 784. The highest BCUT2D eigenvalue weighted by Crippen LogP contribution is 2.25. The number of nitrogens with zero attached hydrogens (tertiary/aromatic N) is 1. The molecule has 0 aliphatic heterocycles.